The van der Waals surface area contributed by atoms with Crippen molar-refractivity contribution in [2.75, 3.05) is 12.3 Å². The number of phenols is 1. The molecular formula is C15H22N2O2. The number of rotatable bonds is 3. The lowest BCUT2D eigenvalue weighted by atomic mass is 9.83. The minimum Gasteiger partial charge on any atom is -0.506 e. The fourth-order valence-electron chi connectivity index (χ4n) is 2.56. The molecule has 2 rings (SSSR count). The maximum Gasteiger partial charge on any atom is 0.251 e. The minimum absolute atomic E-state index is 0.0425. The first-order valence-electron chi connectivity index (χ1n) is 6.93. The first-order valence-corrected chi connectivity index (χ1v) is 6.93. The highest BCUT2D eigenvalue weighted by Crippen LogP contribution is 2.27. The first kappa shape index (κ1) is 13.7. The quantitative estimate of drug-likeness (QED) is 0.579. The fraction of sp³-hybridized carbons (Fsp3) is 0.533. The molecule has 1 saturated carbocycles. The zero-order valence-corrected chi connectivity index (χ0v) is 11.4. The molecule has 4 N–H and O–H groups in total. The molecule has 0 unspecified atom stereocenters. The van der Waals surface area contributed by atoms with Crippen molar-refractivity contribution in [2.45, 2.75) is 32.6 Å². The van der Waals surface area contributed by atoms with Crippen molar-refractivity contribution in [2.24, 2.45) is 11.8 Å². The number of benzene rings is 1. The van der Waals surface area contributed by atoms with Gasteiger partial charge in [0.2, 0.25) is 0 Å². The molecule has 4 nitrogen and oxygen atoms in total. The molecule has 1 aromatic carbocycles. The van der Waals surface area contributed by atoms with Gasteiger partial charge in [-0.2, -0.15) is 0 Å². The topological polar surface area (TPSA) is 75.4 Å². The number of anilines is 1. The molecule has 0 radical (unpaired) electrons. The summed E-state index contributed by atoms with van der Waals surface area (Å²) in [5.74, 6) is 1.22. The summed E-state index contributed by atoms with van der Waals surface area (Å²) in [5, 5.41) is 12.4. The molecule has 1 amide bonds. The van der Waals surface area contributed by atoms with Crippen LogP contribution in [0.1, 0.15) is 43.0 Å². The van der Waals surface area contributed by atoms with E-state index in [9.17, 15) is 9.90 Å². The average Bonchev–Trinajstić information content (AvgIpc) is 2.41. The molecule has 19 heavy (non-hydrogen) atoms. The zero-order chi connectivity index (χ0) is 13.8. The van der Waals surface area contributed by atoms with Crippen molar-refractivity contribution in [1.82, 2.24) is 5.32 Å². The molecule has 0 atom stereocenters. The van der Waals surface area contributed by atoms with Gasteiger partial charge in [-0.3, -0.25) is 4.79 Å². The van der Waals surface area contributed by atoms with Crippen LogP contribution in [0.3, 0.4) is 0 Å². The number of carbonyl (C=O) groups is 1. The molecule has 1 aliphatic carbocycles. The monoisotopic (exact) mass is 262 g/mol. The zero-order valence-electron chi connectivity index (χ0n) is 11.4. The van der Waals surface area contributed by atoms with Gasteiger partial charge in [0, 0.05) is 12.1 Å². The fourth-order valence-corrected chi connectivity index (χ4v) is 2.56. The third-order valence-electron chi connectivity index (χ3n) is 3.98. The Balaban J connectivity index is 1.85. The van der Waals surface area contributed by atoms with E-state index in [1.807, 2.05) is 0 Å². The van der Waals surface area contributed by atoms with Crippen LogP contribution in [0, 0.1) is 11.8 Å². The Morgan fingerprint density at radius 2 is 2.05 bits per heavy atom. The Hall–Kier alpha value is -1.71. The van der Waals surface area contributed by atoms with Crippen molar-refractivity contribution < 1.29 is 9.90 Å². The van der Waals surface area contributed by atoms with Gasteiger partial charge in [0.1, 0.15) is 5.75 Å². The van der Waals surface area contributed by atoms with Crippen molar-refractivity contribution >= 4 is 11.6 Å². The van der Waals surface area contributed by atoms with Gasteiger partial charge >= 0.3 is 0 Å². The molecule has 0 spiro atoms. The summed E-state index contributed by atoms with van der Waals surface area (Å²) in [4.78, 5) is 12.0. The summed E-state index contributed by atoms with van der Waals surface area (Å²) in [5.41, 5.74) is 6.26. The summed E-state index contributed by atoms with van der Waals surface area (Å²) >= 11 is 0. The van der Waals surface area contributed by atoms with Crippen LogP contribution in [0.4, 0.5) is 5.69 Å². The van der Waals surface area contributed by atoms with Crippen LogP contribution in [0.15, 0.2) is 18.2 Å². The summed E-state index contributed by atoms with van der Waals surface area (Å²) in [6.45, 7) is 3.00. The molecule has 1 aliphatic rings. The number of nitrogen functional groups attached to an aromatic ring is 1. The van der Waals surface area contributed by atoms with E-state index in [0.717, 1.165) is 12.5 Å². The summed E-state index contributed by atoms with van der Waals surface area (Å²) in [6.07, 6.45) is 4.88. The number of nitrogens with one attached hydrogen (secondary N) is 1. The Labute approximate surface area is 114 Å². The van der Waals surface area contributed by atoms with Crippen molar-refractivity contribution in [1.29, 1.82) is 0 Å². The van der Waals surface area contributed by atoms with E-state index >= 15 is 0 Å². The van der Waals surface area contributed by atoms with Gasteiger partial charge in [0.15, 0.2) is 0 Å². The third kappa shape index (κ3) is 3.63. The molecule has 0 heterocycles. The van der Waals surface area contributed by atoms with Crippen LogP contribution in [-0.2, 0) is 0 Å². The lowest BCUT2D eigenvalue weighted by molar-refractivity contribution is 0.0941. The van der Waals surface area contributed by atoms with Crippen molar-refractivity contribution in [3.05, 3.63) is 23.8 Å². The standard InChI is InChI=1S/C15H22N2O2/c1-10-2-4-11(5-3-10)9-17-15(19)12-6-7-13(16)14(18)8-12/h6-8,10-11,18H,2-5,9,16H2,1H3,(H,17,19). The van der Waals surface area contributed by atoms with E-state index in [2.05, 4.69) is 12.2 Å². The van der Waals surface area contributed by atoms with Crippen LogP contribution in [-0.4, -0.2) is 17.6 Å². The molecule has 0 aromatic heterocycles. The molecule has 104 valence electrons. The molecule has 1 aromatic rings. The van der Waals surface area contributed by atoms with Gasteiger partial charge in [0.05, 0.1) is 5.69 Å². The molecule has 0 aliphatic heterocycles. The SMILES string of the molecule is CC1CCC(CNC(=O)c2ccc(N)c(O)c2)CC1. The van der Waals surface area contributed by atoms with Gasteiger partial charge in [-0.25, -0.2) is 0 Å². The number of amides is 1. The normalized spacial score (nSPS) is 23.0. The predicted molar refractivity (Wildman–Crippen MR) is 76.0 cm³/mol. The van der Waals surface area contributed by atoms with E-state index in [4.69, 9.17) is 5.73 Å². The van der Waals surface area contributed by atoms with Gasteiger partial charge < -0.3 is 16.2 Å². The van der Waals surface area contributed by atoms with Gasteiger partial charge in [0.25, 0.3) is 5.91 Å². The highest BCUT2D eigenvalue weighted by Gasteiger charge is 2.19. The summed E-state index contributed by atoms with van der Waals surface area (Å²) < 4.78 is 0. The predicted octanol–water partition coefficient (Wildman–Crippen LogP) is 2.53. The Morgan fingerprint density at radius 1 is 1.37 bits per heavy atom. The van der Waals surface area contributed by atoms with Crippen LogP contribution >= 0.6 is 0 Å². The van der Waals surface area contributed by atoms with E-state index in [-0.39, 0.29) is 17.3 Å². The first-order chi connectivity index (χ1) is 9.06. The van der Waals surface area contributed by atoms with Gasteiger partial charge in [-0.1, -0.05) is 19.8 Å². The number of carbonyl (C=O) groups excluding carboxylic acids is 1. The number of hydrogen-bond acceptors (Lipinski definition) is 3. The summed E-state index contributed by atoms with van der Waals surface area (Å²) in [6, 6.07) is 4.59. The minimum atomic E-state index is -0.145. The number of aromatic hydroxyl groups is 1. The smallest absolute Gasteiger partial charge is 0.251 e. The Bertz CT molecular complexity index is 451. The maximum absolute atomic E-state index is 12.0. The molecule has 4 heteroatoms. The second kappa shape index (κ2) is 5.95. The van der Waals surface area contributed by atoms with Crippen molar-refractivity contribution in [3.8, 4) is 5.75 Å². The lowest BCUT2D eigenvalue weighted by Gasteiger charge is -2.26. The van der Waals surface area contributed by atoms with Gasteiger partial charge in [-0.15, -0.1) is 0 Å². The number of hydrogen-bond donors (Lipinski definition) is 3. The highest BCUT2D eigenvalue weighted by molar-refractivity contribution is 5.95. The second-order valence-corrected chi connectivity index (χ2v) is 5.61. The van der Waals surface area contributed by atoms with E-state index in [0.29, 0.717) is 11.5 Å². The van der Waals surface area contributed by atoms with E-state index in [1.165, 1.54) is 31.7 Å². The largest absolute Gasteiger partial charge is 0.506 e. The van der Waals surface area contributed by atoms with E-state index < -0.39 is 0 Å². The molecule has 0 bridgehead atoms. The van der Waals surface area contributed by atoms with E-state index in [1.54, 1.807) is 12.1 Å². The van der Waals surface area contributed by atoms with Gasteiger partial charge in [-0.05, 0) is 42.9 Å². The molecule has 0 saturated heterocycles. The lowest BCUT2D eigenvalue weighted by Crippen LogP contribution is -2.31. The average molecular weight is 262 g/mol. The van der Waals surface area contributed by atoms with Crippen LogP contribution in [0.25, 0.3) is 0 Å². The van der Waals surface area contributed by atoms with Crippen LogP contribution in [0.2, 0.25) is 0 Å². The Kier molecular flexibility index (Phi) is 4.30. The highest BCUT2D eigenvalue weighted by atomic mass is 16.3. The number of phenolic OH excluding ortho intramolecular Hbond substituents is 1. The summed E-state index contributed by atoms with van der Waals surface area (Å²) in [7, 11) is 0. The molecule has 1 fully saturated rings. The van der Waals surface area contributed by atoms with Crippen molar-refractivity contribution in [3.63, 3.8) is 0 Å². The third-order valence-corrected chi connectivity index (χ3v) is 3.98. The second-order valence-electron chi connectivity index (χ2n) is 5.61. The number of nitrogens with two attached hydrogens (primary N) is 1. The maximum atomic E-state index is 12.0. The van der Waals surface area contributed by atoms with Crippen LogP contribution < -0.4 is 11.1 Å². The molecular weight excluding hydrogens is 240 g/mol. The van der Waals surface area contributed by atoms with Crippen LogP contribution in [0.5, 0.6) is 5.75 Å². The Morgan fingerprint density at radius 3 is 2.68 bits per heavy atom.